The van der Waals surface area contributed by atoms with Crippen LogP contribution in [0.2, 0.25) is 10.0 Å². The summed E-state index contributed by atoms with van der Waals surface area (Å²) >= 11 is 12.0. The van der Waals surface area contributed by atoms with Gasteiger partial charge in [-0.25, -0.2) is 4.68 Å². The van der Waals surface area contributed by atoms with Crippen LogP contribution in [0.1, 0.15) is 5.69 Å². The van der Waals surface area contributed by atoms with E-state index in [1.807, 2.05) is 4.90 Å². The van der Waals surface area contributed by atoms with Crippen LogP contribution in [0.15, 0.2) is 22.7 Å². The standard InChI is InChI=1S/C13H11Cl2N5O2/c1-19-10(4-16-18-19)13(21)5-20(6-13)12-17-9-3-7(14)2-8(15)11(9)22-12/h2-4,21H,5-6H2,1H3. The lowest BCUT2D eigenvalue weighted by Crippen LogP contribution is -2.60. The number of benzene rings is 1. The number of β-amino-alcohol motifs (C(OH)–C–C–N with tert-alkyl or cyclic N) is 1. The van der Waals surface area contributed by atoms with Crippen molar-refractivity contribution in [3.8, 4) is 0 Å². The van der Waals surface area contributed by atoms with Gasteiger partial charge in [-0.15, -0.1) is 5.10 Å². The van der Waals surface area contributed by atoms with Gasteiger partial charge in [-0.05, 0) is 12.1 Å². The van der Waals surface area contributed by atoms with E-state index >= 15 is 0 Å². The summed E-state index contributed by atoms with van der Waals surface area (Å²) in [6, 6.07) is 3.69. The van der Waals surface area contributed by atoms with E-state index in [0.717, 1.165) is 0 Å². The van der Waals surface area contributed by atoms with Crippen LogP contribution in [0.5, 0.6) is 0 Å². The largest absolute Gasteiger partial charge is 0.422 e. The van der Waals surface area contributed by atoms with Gasteiger partial charge in [0.15, 0.2) is 5.58 Å². The van der Waals surface area contributed by atoms with Crippen molar-refractivity contribution in [2.75, 3.05) is 18.0 Å². The summed E-state index contributed by atoms with van der Waals surface area (Å²) in [5.41, 5.74) is 0.713. The van der Waals surface area contributed by atoms with Crippen LogP contribution in [0.4, 0.5) is 6.01 Å². The average molecular weight is 340 g/mol. The highest BCUT2D eigenvalue weighted by atomic mass is 35.5. The Morgan fingerprint density at radius 2 is 2.09 bits per heavy atom. The van der Waals surface area contributed by atoms with Crippen LogP contribution in [-0.2, 0) is 12.6 Å². The van der Waals surface area contributed by atoms with E-state index in [1.165, 1.54) is 0 Å². The van der Waals surface area contributed by atoms with E-state index < -0.39 is 5.60 Å². The van der Waals surface area contributed by atoms with Crippen LogP contribution >= 0.6 is 23.2 Å². The SMILES string of the molecule is Cn1nncc1C1(O)CN(c2nc3cc(Cl)cc(Cl)c3o2)C1. The molecule has 4 rings (SSSR count). The number of rotatable bonds is 2. The molecule has 0 amide bonds. The monoisotopic (exact) mass is 339 g/mol. The van der Waals surface area contributed by atoms with Crippen molar-refractivity contribution in [1.82, 2.24) is 20.0 Å². The van der Waals surface area contributed by atoms with Crippen molar-refractivity contribution in [1.29, 1.82) is 0 Å². The zero-order chi connectivity index (χ0) is 15.5. The van der Waals surface area contributed by atoms with E-state index in [9.17, 15) is 5.11 Å². The molecule has 9 heteroatoms. The fourth-order valence-corrected chi connectivity index (χ4v) is 3.20. The summed E-state index contributed by atoms with van der Waals surface area (Å²) < 4.78 is 7.23. The van der Waals surface area contributed by atoms with Crippen molar-refractivity contribution in [2.45, 2.75) is 5.60 Å². The van der Waals surface area contributed by atoms with Crippen molar-refractivity contribution in [3.63, 3.8) is 0 Å². The van der Waals surface area contributed by atoms with E-state index in [4.69, 9.17) is 27.6 Å². The Balaban J connectivity index is 1.63. The number of anilines is 1. The molecule has 1 saturated heterocycles. The number of aryl methyl sites for hydroxylation is 1. The smallest absolute Gasteiger partial charge is 0.298 e. The van der Waals surface area contributed by atoms with Gasteiger partial charge < -0.3 is 14.4 Å². The average Bonchev–Trinajstić information content (AvgIpc) is 3.01. The molecule has 2 aromatic heterocycles. The molecular formula is C13H11Cl2N5O2. The first kappa shape index (κ1) is 13.8. The maximum absolute atomic E-state index is 10.6. The summed E-state index contributed by atoms with van der Waals surface area (Å²) in [6.45, 7) is 0.679. The molecule has 0 aliphatic carbocycles. The van der Waals surface area contributed by atoms with Gasteiger partial charge in [0.2, 0.25) is 0 Å². The van der Waals surface area contributed by atoms with E-state index in [2.05, 4.69) is 15.3 Å². The highest BCUT2D eigenvalue weighted by molar-refractivity contribution is 6.38. The Morgan fingerprint density at radius 1 is 1.32 bits per heavy atom. The molecule has 22 heavy (non-hydrogen) atoms. The van der Waals surface area contributed by atoms with Crippen molar-refractivity contribution >= 4 is 40.3 Å². The maximum atomic E-state index is 10.6. The second kappa shape index (κ2) is 4.58. The third-order valence-electron chi connectivity index (χ3n) is 3.76. The summed E-state index contributed by atoms with van der Waals surface area (Å²) in [5, 5.41) is 19.1. The number of aliphatic hydroxyl groups is 1. The molecule has 1 aliphatic rings. The van der Waals surface area contributed by atoms with E-state index in [0.29, 0.717) is 45.9 Å². The molecule has 1 aliphatic heterocycles. The molecule has 0 saturated carbocycles. The van der Waals surface area contributed by atoms with Gasteiger partial charge in [-0.2, -0.15) is 4.98 Å². The lowest BCUT2D eigenvalue weighted by Gasteiger charge is -2.44. The van der Waals surface area contributed by atoms with Crippen LogP contribution in [0.3, 0.4) is 0 Å². The first-order valence-corrected chi connectivity index (χ1v) is 7.30. The quantitative estimate of drug-likeness (QED) is 0.768. The first-order chi connectivity index (χ1) is 10.5. The topological polar surface area (TPSA) is 80.2 Å². The van der Waals surface area contributed by atoms with Crippen LogP contribution < -0.4 is 4.90 Å². The summed E-state index contributed by atoms with van der Waals surface area (Å²) in [6.07, 6.45) is 1.56. The Bertz CT molecular complexity index is 869. The summed E-state index contributed by atoms with van der Waals surface area (Å²) in [4.78, 5) is 6.18. The van der Waals surface area contributed by atoms with E-state index in [1.54, 1.807) is 30.1 Å². The van der Waals surface area contributed by atoms with Gasteiger partial charge in [-0.3, -0.25) is 0 Å². The Morgan fingerprint density at radius 3 is 2.77 bits per heavy atom. The Kier molecular flexibility index (Phi) is 2.87. The number of oxazole rings is 1. The first-order valence-electron chi connectivity index (χ1n) is 6.54. The molecule has 0 atom stereocenters. The minimum atomic E-state index is -1.01. The molecule has 114 valence electrons. The number of halogens is 2. The molecule has 1 aromatic carbocycles. The van der Waals surface area contributed by atoms with Crippen molar-refractivity contribution in [2.24, 2.45) is 7.05 Å². The second-order valence-electron chi connectivity index (χ2n) is 5.36. The summed E-state index contributed by atoms with van der Waals surface area (Å²) in [7, 11) is 1.74. The summed E-state index contributed by atoms with van der Waals surface area (Å²) in [5.74, 6) is 0. The molecular weight excluding hydrogens is 329 g/mol. The predicted molar refractivity (Wildman–Crippen MR) is 81.1 cm³/mol. The minimum Gasteiger partial charge on any atom is -0.422 e. The molecule has 0 radical (unpaired) electrons. The third-order valence-corrected chi connectivity index (χ3v) is 4.26. The number of fused-ring (bicyclic) bond motifs is 1. The normalized spacial score (nSPS) is 17.0. The zero-order valence-corrected chi connectivity index (χ0v) is 13.0. The number of hydrogen-bond donors (Lipinski definition) is 1. The highest BCUT2D eigenvalue weighted by Gasteiger charge is 2.47. The molecule has 0 unspecified atom stereocenters. The zero-order valence-electron chi connectivity index (χ0n) is 11.5. The minimum absolute atomic E-state index is 0.340. The second-order valence-corrected chi connectivity index (χ2v) is 6.21. The lowest BCUT2D eigenvalue weighted by molar-refractivity contribution is -0.00275. The fourth-order valence-electron chi connectivity index (χ4n) is 2.68. The Hall–Kier alpha value is -1.83. The number of nitrogens with zero attached hydrogens (tertiary/aromatic N) is 5. The Labute approximate surface area is 135 Å². The van der Waals surface area contributed by atoms with Gasteiger partial charge in [0, 0.05) is 12.1 Å². The van der Waals surface area contributed by atoms with Crippen molar-refractivity contribution in [3.05, 3.63) is 34.1 Å². The number of aromatic nitrogens is 4. The molecule has 0 spiro atoms. The third kappa shape index (κ3) is 1.97. The van der Waals surface area contributed by atoms with Gasteiger partial charge in [-0.1, -0.05) is 28.4 Å². The highest BCUT2D eigenvalue weighted by Crippen LogP contribution is 2.37. The van der Waals surface area contributed by atoms with Gasteiger partial charge in [0.25, 0.3) is 6.01 Å². The molecule has 7 nitrogen and oxygen atoms in total. The number of hydrogen-bond acceptors (Lipinski definition) is 6. The van der Waals surface area contributed by atoms with Crippen molar-refractivity contribution < 1.29 is 9.52 Å². The molecule has 3 aromatic rings. The lowest BCUT2D eigenvalue weighted by atomic mass is 9.91. The van der Waals surface area contributed by atoms with Gasteiger partial charge in [0.1, 0.15) is 11.1 Å². The molecule has 3 heterocycles. The van der Waals surface area contributed by atoms with Crippen LogP contribution in [-0.4, -0.2) is 38.2 Å². The molecule has 1 N–H and O–H groups in total. The maximum Gasteiger partial charge on any atom is 0.298 e. The van der Waals surface area contributed by atoms with Crippen LogP contribution in [0.25, 0.3) is 11.1 Å². The molecule has 1 fully saturated rings. The molecule has 0 bridgehead atoms. The van der Waals surface area contributed by atoms with E-state index in [-0.39, 0.29) is 0 Å². The van der Waals surface area contributed by atoms with Gasteiger partial charge in [0.05, 0.1) is 30.0 Å². The van der Waals surface area contributed by atoms with Crippen LogP contribution in [0, 0.1) is 0 Å². The van der Waals surface area contributed by atoms with Gasteiger partial charge >= 0.3 is 0 Å². The predicted octanol–water partition coefficient (Wildman–Crippen LogP) is 1.97. The fraction of sp³-hybridized carbons (Fsp3) is 0.308.